The number of aliphatic hydroxyl groups is 2. The predicted octanol–water partition coefficient (Wildman–Crippen LogP) is -0.495. The van der Waals surface area contributed by atoms with Crippen LogP contribution in [0.25, 0.3) is 11.2 Å². The van der Waals surface area contributed by atoms with Gasteiger partial charge in [-0.25, -0.2) is 15.0 Å². The van der Waals surface area contributed by atoms with Gasteiger partial charge in [0.05, 0.1) is 6.33 Å². The zero-order valence-electron chi connectivity index (χ0n) is 17.6. The average molecular weight is 431 g/mol. The van der Waals surface area contributed by atoms with Crippen molar-refractivity contribution in [3.63, 3.8) is 0 Å². The summed E-state index contributed by atoms with van der Waals surface area (Å²) in [5.74, 6) is 0.376. The van der Waals surface area contributed by atoms with E-state index in [2.05, 4.69) is 19.9 Å². The Morgan fingerprint density at radius 1 is 1.19 bits per heavy atom. The highest BCUT2D eigenvalue weighted by atomic mass is 16.6. The van der Waals surface area contributed by atoms with Gasteiger partial charge in [-0.3, -0.25) is 14.3 Å². The van der Waals surface area contributed by atoms with Crippen LogP contribution in [0, 0.1) is 0 Å². The van der Waals surface area contributed by atoms with E-state index in [9.17, 15) is 15.0 Å². The molecule has 5 heterocycles. The summed E-state index contributed by atoms with van der Waals surface area (Å²) in [4.78, 5) is 28.4. The van der Waals surface area contributed by atoms with Crippen LogP contribution < -0.4 is 5.73 Å². The van der Waals surface area contributed by atoms with Crippen LogP contribution in [0.3, 0.4) is 0 Å². The molecule has 11 nitrogen and oxygen atoms in total. The first-order valence-electron chi connectivity index (χ1n) is 10.8. The number of carbonyl (C=O) groups is 1. The molecule has 11 heteroatoms. The Morgan fingerprint density at radius 2 is 1.97 bits per heavy atom. The molecular weight excluding hydrogens is 402 g/mol. The van der Waals surface area contributed by atoms with Gasteiger partial charge in [0.1, 0.15) is 30.2 Å². The smallest absolute Gasteiger partial charge is 0.219 e. The monoisotopic (exact) mass is 431 g/mol. The van der Waals surface area contributed by atoms with Gasteiger partial charge >= 0.3 is 0 Å². The van der Waals surface area contributed by atoms with Gasteiger partial charge in [-0.05, 0) is 32.2 Å². The highest BCUT2D eigenvalue weighted by molar-refractivity contribution is 5.81. The molecule has 4 atom stereocenters. The largest absolute Gasteiger partial charge is 0.387 e. The maximum Gasteiger partial charge on any atom is 0.219 e. The van der Waals surface area contributed by atoms with Crippen molar-refractivity contribution in [2.45, 2.75) is 62.7 Å². The van der Waals surface area contributed by atoms with Crippen molar-refractivity contribution in [3.8, 4) is 0 Å². The normalized spacial score (nSPS) is 31.1. The molecule has 3 aliphatic heterocycles. The number of nitrogen functional groups attached to an aromatic ring is 1. The van der Waals surface area contributed by atoms with E-state index in [1.807, 2.05) is 4.90 Å². The van der Waals surface area contributed by atoms with Crippen molar-refractivity contribution >= 4 is 22.9 Å². The maximum absolute atomic E-state index is 11.7. The summed E-state index contributed by atoms with van der Waals surface area (Å²) >= 11 is 0. The Kier molecular flexibility index (Phi) is 5.08. The molecule has 4 N–H and O–H groups in total. The fraction of sp³-hybridized carbons (Fsp3) is 0.700. The van der Waals surface area contributed by atoms with Crippen LogP contribution in [0.15, 0.2) is 12.7 Å². The summed E-state index contributed by atoms with van der Waals surface area (Å²) in [5, 5.41) is 21.5. The fourth-order valence-electron chi connectivity index (χ4n) is 5.47. The number of nitrogens with two attached hydrogens (primary N) is 1. The van der Waals surface area contributed by atoms with Crippen LogP contribution >= 0.6 is 0 Å². The Balaban J connectivity index is 1.32. The molecule has 3 saturated heterocycles. The van der Waals surface area contributed by atoms with Crippen molar-refractivity contribution in [1.82, 2.24) is 29.3 Å². The number of hydrogen-bond donors (Lipinski definition) is 3. The molecule has 0 bridgehead atoms. The van der Waals surface area contributed by atoms with Gasteiger partial charge < -0.3 is 25.6 Å². The van der Waals surface area contributed by atoms with Crippen LogP contribution in [-0.4, -0.2) is 95.5 Å². The highest BCUT2D eigenvalue weighted by Gasteiger charge is 2.49. The number of ether oxygens (including phenoxy) is 1. The van der Waals surface area contributed by atoms with E-state index < -0.39 is 24.5 Å². The summed E-state index contributed by atoms with van der Waals surface area (Å²) < 4.78 is 7.75. The number of fused-ring (bicyclic) bond motifs is 1. The molecule has 0 unspecified atom stereocenters. The van der Waals surface area contributed by atoms with E-state index in [1.165, 1.54) is 12.7 Å². The standard InChI is InChI=1S/C20H29N7O4/c1-12(28)25-7-4-20(5-8-25)3-2-6-26(20)9-13-15(29)16(30)19(31-13)27-11-24-14-17(21)22-10-23-18(14)27/h10-11,13,15-16,19,29-30H,2-9H2,1H3,(H2,21,22,23)/t13-,15-,16-,19-/m1/s1. The molecule has 1 spiro atoms. The van der Waals surface area contributed by atoms with Crippen molar-refractivity contribution < 1.29 is 19.7 Å². The molecule has 0 saturated carbocycles. The number of nitrogens with zero attached hydrogens (tertiary/aromatic N) is 6. The molecule has 0 radical (unpaired) electrons. The molecule has 3 fully saturated rings. The quantitative estimate of drug-likeness (QED) is 0.586. The zero-order chi connectivity index (χ0) is 21.8. The number of rotatable bonds is 3. The van der Waals surface area contributed by atoms with Crippen molar-refractivity contribution in [2.75, 3.05) is 31.9 Å². The van der Waals surface area contributed by atoms with Gasteiger partial charge in [0.15, 0.2) is 17.7 Å². The Hall–Kier alpha value is -2.34. The van der Waals surface area contributed by atoms with E-state index in [0.717, 1.165) is 45.3 Å². The summed E-state index contributed by atoms with van der Waals surface area (Å²) in [7, 11) is 0. The number of anilines is 1. The van der Waals surface area contributed by atoms with Crippen molar-refractivity contribution in [1.29, 1.82) is 0 Å². The van der Waals surface area contributed by atoms with Gasteiger partial charge in [0.25, 0.3) is 0 Å². The summed E-state index contributed by atoms with van der Waals surface area (Å²) in [6.07, 6.45) is 3.35. The van der Waals surface area contributed by atoms with E-state index in [0.29, 0.717) is 17.7 Å². The minimum absolute atomic E-state index is 0.0292. The summed E-state index contributed by atoms with van der Waals surface area (Å²) in [6.45, 7) is 4.58. The molecule has 31 heavy (non-hydrogen) atoms. The van der Waals surface area contributed by atoms with E-state index in [4.69, 9.17) is 10.5 Å². The third-order valence-electron chi connectivity index (χ3n) is 7.28. The molecule has 0 aromatic carbocycles. The average Bonchev–Trinajstić information content (AvgIpc) is 3.42. The van der Waals surface area contributed by atoms with Gasteiger partial charge in [-0.15, -0.1) is 0 Å². The topological polar surface area (TPSA) is 143 Å². The Morgan fingerprint density at radius 3 is 2.71 bits per heavy atom. The second-order valence-corrected chi connectivity index (χ2v) is 8.91. The second kappa shape index (κ2) is 7.66. The Labute approximate surface area is 179 Å². The second-order valence-electron chi connectivity index (χ2n) is 8.91. The van der Waals surface area contributed by atoms with Crippen LogP contribution in [0.1, 0.15) is 38.8 Å². The number of imidazole rings is 1. The van der Waals surface area contributed by atoms with Gasteiger partial charge in [0.2, 0.25) is 5.91 Å². The van der Waals surface area contributed by atoms with Gasteiger partial charge in [0, 0.05) is 32.1 Å². The minimum atomic E-state index is -1.11. The predicted molar refractivity (Wildman–Crippen MR) is 111 cm³/mol. The number of amides is 1. The summed E-state index contributed by atoms with van der Waals surface area (Å²) in [5.41, 5.74) is 6.79. The lowest BCUT2D eigenvalue weighted by molar-refractivity contribution is -0.131. The molecule has 2 aromatic rings. The number of aromatic nitrogens is 4. The van der Waals surface area contributed by atoms with Crippen molar-refractivity contribution in [2.24, 2.45) is 0 Å². The van der Waals surface area contributed by atoms with Crippen LogP contribution in [0.4, 0.5) is 5.82 Å². The molecule has 2 aromatic heterocycles. The first-order valence-corrected chi connectivity index (χ1v) is 10.8. The van der Waals surface area contributed by atoms with E-state index >= 15 is 0 Å². The number of carbonyl (C=O) groups excluding carboxylic acids is 1. The first-order chi connectivity index (χ1) is 14.9. The molecular formula is C20H29N7O4. The molecule has 3 aliphatic rings. The first kappa shape index (κ1) is 20.6. The van der Waals surface area contributed by atoms with E-state index in [-0.39, 0.29) is 17.3 Å². The van der Waals surface area contributed by atoms with Crippen LogP contribution in [0.5, 0.6) is 0 Å². The number of hydrogen-bond acceptors (Lipinski definition) is 9. The Bertz CT molecular complexity index is 974. The third kappa shape index (κ3) is 3.36. The molecule has 168 valence electrons. The number of aliphatic hydroxyl groups excluding tert-OH is 2. The number of likely N-dealkylation sites (tertiary alicyclic amines) is 2. The summed E-state index contributed by atoms with van der Waals surface area (Å²) in [6, 6.07) is 0. The highest BCUT2D eigenvalue weighted by Crippen LogP contribution is 2.40. The zero-order valence-corrected chi connectivity index (χ0v) is 17.6. The van der Waals surface area contributed by atoms with Crippen molar-refractivity contribution in [3.05, 3.63) is 12.7 Å². The molecule has 5 rings (SSSR count). The minimum Gasteiger partial charge on any atom is -0.387 e. The molecule has 1 amide bonds. The van der Waals surface area contributed by atoms with Gasteiger partial charge in [-0.1, -0.05) is 0 Å². The SMILES string of the molecule is CC(=O)N1CCC2(CCCN2C[C@H]2O[C@@H](n3cnc4c(N)ncnc43)[C@H](O)[C@@H]2O)CC1. The van der Waals surface area contributed by atoms with E-state index in [1.54, 1.807) is 11.5 Å². The lowest BCUT2D eigenvalue weighted by Gasteiger charge is -2.45. The van der Waals surface area contributed by atoms with Crippen LogP contribution in [-0.2, 0) is 9.53 Å². The fourth-order valence-corrected chi connectivity index (χ4v) is 5.47. The lowest BCUT2D eigenvalue weighted by Crippen LogP contribution is -2.55. The third-order valence-corrected chi connectivity index (χ3v) is 7.28. The molecule has 0 aliphatic carbocycles. The van der Waals surface area contributed by atoms with Gasteiger partial charge in [-0.2, -0.15) is 0 Å². The number of piperidine rings is 1. The maximum atomic E-state index is 11.7. The lowest BCUT2D eigenvalue weighted by atomic mass is 9.84. The van der Waals surface area contributed by atoms with Crippen LogP contribution in [0.2, 0.25) is 0 Å².